The Labute approximate surface area is 170 Å². The molecule has 0 radical (unpaired) electrons. The van der Waals surface area contributed by atoms with Gasteiger partial charge in [-0.2, -0.15) is 0 Å². The summed E-state index contributed by atoms with van der Waals surface area (Å²) in [5.74, 6) is 0.854. The highest BCUT2D eigenvalue weighted by molar-refractivity contribution is 7.99. The van der Waals surface area contributed by atoms with Crippen molar-refractivity contribution in [3.05, 3.63) is 39.0 Å². The third kappa shape index (κ3) is 3.73. The molecule has 0 aliphatic carbocycles. The number of nitrogens with one attached hydrogen (secondary N) is 1. The molecular formula is C18H21N5O5S. The van der Waals surface area contributed by atoms with Crippen molar-refractivity contribution in [2.24, 2.45) is 21.1 Å². The first-order chi connectivity index (χ1) is 13.8. The number of thioether (sulfide) groups is 1. The number of aryl methyl sites for hydroxylation is 2. The summed E-state index contributed by atoms with van der Waals surface area (Å²) in [6.07, 6.45) is 0. The number of aromatic nitrogens is 4. The predicted octanol–water partition coefficient (Wildman–Crippen LogP) is 0.719. The standard InChI is InChI=1S/C18H21N5O5S/c1-21-15-14(16(25)23(3)18(26)22(15)2)20-17(21)29-9-13(24)19-11-8-10(27-4)6-7-12(11)28-5/h6-8H,9H2,1-5H3,(H,19,24). The lowest BCUT2D eigenvalue weighted by Crippen LogP contribution is -2.37. The molecule has 154 valence electrons. The van der Waals surface area contributed by atoms with Crippen molar-refractivity contribution in [3.8, 4) is 11.5 Å². The predicted molar refractivity (Wildman–Crippen MR) is 110 cm³/mol. The van der Waals surface area contributed by atoms with E-state index in [1.54, 1.807) is 36.9 Å². The first-order valence-electron chi connectivity index (χ1n) is 8.55. The van der Waals surface area contributed by atoms with Crippen LogP contribution < -0.4 is 26.0 Å². The summed E-state index contributed by atoms with van der Waals surface area (Å²) in [6, 6.07) is 5.09. The number of amides is 1. The number of hydrogen-bond donors (Lipinski definition) is 1. The molecule has 1 N–H and O–H groups in total. The van der Waals surface area contributed by atoms with Crippen molar-refractivity contribution < 1.29 is 14.3 Å². The second-order valence-corrected chi connectivity index (χ2v) is 7.18. The van der Waals surface area contributed by atoms with Crippen LogP contribution in [0.25, 0.3) is 11.2 Å². The van der Waals surface area contributed by atoms with Crippen LogP contribution >= 0.6 is 11.8 Å². The highest BCUT2D eigenvalue weighted by Gasteiger charge is 2.18. The lowest BCUT2D eigenvalue weighted by molar-refractivity contribution is -0.113. The fraction of sp³-hybridized carbons (Fsp3) is 0.333. The van der Waals surface area contributed by atoms with Crippen molar-refractivity contribution in [1.82, 2.24) is 18.7 Å². The van der Waals surface area contributed by atoms with Gasteiger partial charge in [0.15, 0.2) is 16.3 Å². The highest BCUT2D eigenvalue weighted by atomic mass is 32.2. The van der Waals surface area contributed by atoms with E-state index < -0.39 is 11.2 Å². The summed E-state index contributed by atoms with van der Waals surface area (Å²) in [5.41, 5.74) is 0.143. The van der Waals surface area contributed by atoms with Gasteiger partial charge in [-0.3, -0.25) is 18.7 Å². The summed E-state index contributed by atoms with van der Waals surface area (Å²) in [5, 5.41) is 3.23. The average molecular weight is 419 g/mol. The number of anilines is 1. The Kier molecular flexibility index (Phi) is 5.69. The van der Waals surface area contributed by atoms with Gasteiger partial charge in [-0.1, -0.05) is 11.8 Å². The van der Waals surface area contributed by atoms with Crippen molar-refractivity contribution in [2.45, 2.75) is 5.16 Å². The maximum Gasteiger partial charge on any atom is 0.332 e. The summed E-state index contributed by atoms with van der Waals surface area (Å²) in [6.45, 7) is 0. The molecule has 2 aromatic heterocycles. The maximum atomic E-state index is 12.4. The van der Waals surface area contributed by atoms with Crippen LogP contribution in [0.3, 0.4) is 0 Å². The number of carbonyl (C=O) groups excluding carboxylic acids is 1. The molecule has 10 nitrogen and oxygen atoms in total. The lowest BCUT2D eigenvalue weighted by Gasteiger charge is -2.11. The molecule has 3 rings (SSSR count). The molecule has 0 spiro atoms. The van der Waals surface area contributed by atoms with E-state index in [9.17, 15) is 14.4 Å². The van der Waals surface area contributed by atoms with Gasteiger partial charge in [0.25, 0.3) is 5.56 Å². The van der Waals surface area contributed by atoms with Gasteiger partial charge < -0.3 is 19.4 Å². The Bertz CT molecular complexity index is 1210. The van der Waals surface area contributed by atoms with Crippen LogP contribution in [0.1, 0.15) is 0 Å². The normalized spacial score (nSPS) is 10.9. The molecule has 11 heteroatoms. The van der Waals surface area contributed by atoms with Crippen molar-refractivity contribution in [1.29, 1.82) is 0 Å². The van der Waals surface area contributed by atoms with E-state index >= 15 is 0 Å². The van der Waals surface area contributed by atoms with Gasteiger partial charge in [0.1, 0.15) is 11.5 Å². The molecule has 0 atom stereocenters. The van der Waals surface area contributed by atoms with Gasteiger partial charge in [-0.15, -0.1) is 0 Å². The van der Waals surface area contributed by atoms with Gasteiger partial charge in [0.05, 0.1) is 25.7 Å². The molecule has 0 saturated heterocycles. The van der Waals surface area contributed by atoms with E-state index in [0.717, 1.165) is 16.3 Å². The summed E-state index contributed by atoms with van der Waals surface area (Å²) in [7, 11) is 7.71. The van der Waals surface area contributed by atoms with E-state index in [0.29, 0.717) is 28.0 Å². The molecule has 1 amide bonds. The van der Waals surface area contributed by atoms with E-state index in [1.807, 2.05) is 0 Å². The third-order valence-corrected chi connectivity index (χ3v) is 5.47. The molecule has 2 heterocycles. The second kappa shape index (κ2) is 8.03. The first kappa shape index (κ1) is 20.5. The van der Waals surface area contributed by atoms with E-state index in [-0.39, 0.29) is 17.2 Å². The Balaban J connectivity index is 1.83. The van der Waals surface area contributed by atoms with Gasteiger partial charge in [-0.05, 0) is 12.1 Å². The molecular weight excluding hydrogens is 398 g/mol. The quantitative estimate of drug-likeness (QED) is 0.586. The number of methoxy groups -OCH3 is 2. The number of carbonyl (C=O) groups is 1. The maximum absolute atomic E-state index is 12.4. The molecule has 0 aliphatic heterocycles. The SMILES string of the molecule is COc1ccc(OC)c(NC(=O)CSc2nc3c(=O)n(C)c(=O)n(C)c3n2C)c1. The van der Waals surface area contributed by atoms with Crippen LogP contribution in [-0.4, -0.2) is 44.6 Å². The number of fused-ring (bicyclic) bond motifs is 1. The van der Waals surface area contributed by atoms with E-state index in [2.05, 4.69) is 10.3 Å². The van der Waals surface area contributed by atoms with Gasteiger partial charge in [0, 0.05) is 27.2 Å². The van der Waals surface area contributed by atoms with Gasteiger partial charge in [0.2, 0.25) is 5.91 Å². The van der Waals surface area contributed by atoms with Gasteiger partial charge in [-0.25, -0.2) is 9.78 Å². The molecule has 0 bridgehead atoms. The van der Waals surface area contributed by atoms with Crippen LogP contribution in [0.15, 0.2) is 32.9 Å². The monoisotopic (exact) mass is 419 g/mol. The Morgan fingerprint density at radius 2 is 1.83 bits per heavy atom. The molecule has 1 aromatic carbocycles. The summed E-state index contributed by atoms with van der Waals surface area (Å²) in [4.78, 5) is 41.2. The molecule has 0 saturated carbocycles. The zero-order chi connectivity index (χ0) is 21.3. The van der Waals surface area contributed by atoms with Crippen LogP contribution in [0, 0.1) is 0 Å². The smallest absolute Gasteiger partial charge is 0.332 e. The lowest BCUT2D eigenvalue weighted by atomic mass is 10.2. The minimum atomic E-state index is -0.476. The Morgan fingerprint density at radius 3 is 2.48 bits per heavy atom. The molecule has 29 heavy (non-hydrogen) atoms. The number of rotatable bonds is 6. The fourth-order valence-corrected chi connectivity index (χ4v) is 3.68. The fourth-order valence-electron chi connectivity index (χ4n) is 2.92. The Morgan fingerprint density at radius 1 is 1.10 bits per heavy atom. The highest BCUT2D eigenvalue weighted by Crippen LogP contribution is 2.29. The average Bonchev–Trinajstić information content (AvgIpc) is 3.05. The van der Waals surface area contributed by atoms with Crippen molar-refractivity contribution >= 4 is 34.5 Å². The third-order valence-electron chi connectivity index (χ3n) is 4.44. The van der Waals surface area contributed by atoms with Gasteiger partial charge >= 0.3 is 5.69 Å². The summed E-state index contributed by atoms with van der Waals surface area (Å²) < 4.78 is 14.4. The first-order valence-corrected chi connectivity index (χ1v) is 9.54. The molecule has 0 unspecified atom stereocenters. The zero-order valence-corrected chi connectivity index (χ0v) is 17.5. The van der Waals surface area contributed by atoms with E-state index in [1.165, 1.54) is 25.8 Å². The van der Waals surface area contributed by atoms with Crippen LogP contribution in [0.5, 0.6) is 11.5 Å². The number of nitrogens with zero attached hydrogens (tertiary/aromatic N) is 4. The number of ether oxygens (including phenoxy) is 2. The molecule has 3 aromatic rings. The second-order valence-electron chi connectivity index (χ2n) is 6.23. The van der Waals surface area contributed by atoms with E-state index in [4.69, 9.17) is 9.47 Å². The molecule has 0 aliphatic rings. The van der Waals surface area contributed by atoms with Crippen molar-refractivity contribution in [2.75, 3.05) is 25.3 Å². The topological polar surface area (TPSA) is 109 Å². The summed E-state index contributed by atoms with van der Waals surface area (Å²) >= 11 is 1.16. The minimum Gasteiger partial charge on any atom is -0.497 e. The van der Waals surface area contributed by atoms with Crippen LogP contribution in [0.2, 0.25) is 0 Å². The van der Waals surface area contributed by atoms with Crippen molar-refractivity contribution in [3.63, 3.8) is 0 Å². The van der Waals surface area contributed by atoms with Crippen LogP contribution in [-0.2, 0) is 25.9 Å². The Hall–Kier alpha value is -3.21. The number of imidazole rings is 1. The number of hydrogen-bond acceptors (Lipinski definition) is 7. The largest absolute Gasteiger partial charge is 0.497 e. The minimum absolute atomic E-state index is 0.0474. The zero-order valence-electron chi connectivity index (χ0n) is 16.7. The van der Waals surface area contributed by atoms with Crippen LogP contribution in [0.4, 0.5) is 5.69 Å². The molecule has 0 fully saturated rings. The number of benzene rings is 1.